The van der Waals surface area contributed by atoms with Crippen molar-refractivity contribution in [1.29, 1.82) is 0 Å². The van der Waals surface area contributed by atoms with Gasteiger partial charge in [0.15, 0.2) is 0 Å². The van der Waals surface area contributed by atoms with Crippen molar-refractivity contribution in [2.45, 2.75) is 0 Å². The SMILES string of the molecule is COc1ccc(/C=C(\S)C(=O)O)cc1. The second-order valence-corrected chi connectivity index (χ2v) is 3.09. The lowest BCUT2D eigenvalue weighted by Crippen LogP contribution is -1.93. The minimum atomic E-state index is -1.04. The number of methoxy groups -OCH3 is 1. The summed E-state index contributed by atoms with van der Waals surface area (Å²) < 4.78 is 4.97. The monoisotopic (exact) mass is 210 g/mol. The molecular weight excluding hydrogens is 200 g/mol. The minimum Gasteiger partial charge on any atom is -0.497 e. The maximum atomic E-state index is 10.5. The zero-order chi connectivity index (χ0) is 10.6. The van der Waals surface area contributed by atoms with Crippen LogP contribution in [-0.2, 0) is 4.79 Å². The number of carboxylic acid groups (broad SMARTS) is 1. The Morgan fingerprint density at radius 3 is 2.43 bits per heavy atom. The Kier molecular flexibility index (Phi) is 3.59. The van der Waals surface area contributed by atoms with Crippen LogP contribution in [0.5, 0.6) is 5.75 Å². The summed E-state index contributed by atoms with van der Waals surface area (Å²) >= 11 is 3.82. The predicted octanol–water partition coefficient (Wildman–Crippen LogP) is 2.05. The van der Waals surface area contributed by atoms with E-state index in [1.165, 1.54) is 6.08 Å². The van der Waals surface area contributed by atoms with Crippen LogP contribution in [0.2, 0.25) is 0 Å². The van der Waals surface area contributed by atoms with Gasteiger partial charge in [0.1, 0.15) is 5.75 Å². The summed E-state index contributed by atoms with van der Waals surface area (Å²) in [7, 11) is 1.58. The van der Waals surface area contributed by atoms with Crippen LogP contribution in [0.4, 0.5) is 0 Å². The van der Waals surface area contributed by atoms with Crippen molar-refractivity contribution in [3.05, 3.63) is 34.7 Å². The highest BCUT2D eigenvalue weighted by Crippen LogP contribution is 2.15. The molecule has 0 aliphatic heterocycles. The lowest BCUT2D eigenvalue weighted by atomic mass is 10.2. The van der Waals surface area contributed by atoms with Gasteiger partial charge < -0.3 is 9.84 Å². The van der Waals surface area contributed by atoms with Crippen molar-refractivity contribution in [3.8, 4) is 5.75 Å². The molecular formula is C10H10O3S. The molecule has 0 saturated carbocycles. The predicted molar refractivity (Wildman–Crippen MR) is 57.6 cm³/mol. The van der Waals surface area contributed by atoms with Gasteiger partial charge in [-0.25, -0.2) is 4.79 Å². The van der Waals surface area contributed by atoms with Gasteiger partial charge in [0.2, 0.25) is 0 Å². The molecule has 4 heteroatoms. The van der Waals surface area contributed by atoms with E-state index in [1.807, 2.05) is 0 Å². The van der Waals surface area contributed by atoms with Crippen LogP contribution in [0, 0.1) is 0 Å². The molecule has 1 rings (SSSR count). The van der Waals surface area contributed by atoms with E-state index >= 15 is 0 Å². The van der Waals surface area contributed by atoms with Crippen LogP contribution in [0.25, 0.3) is 6.08 Å². The summed E-state index contributed by atoms with van der Waals surface area (Å²) in [5, 5.41) is 8.57. The highest BCUT2D eigenvalue weighted by molar-refractivity contribution is 7.85. The van der Waals surface area contributed by atoms with Crippen molar-refractivity contribution in [2.75, 3.05) is 7.11 Å². The summed E-state index contributed by atoms with van der Waals surface area (Å²) in [5.74, 6) is -0.303. The number of hydrogen-bond acceptors (Lipinski definition) is 3. The van der Waals surface area contributed by atoms with E-state index in [4.69, 9.17) is 9.84 Å². The second kappa shape index (κ2) is 4.72. The van der Waals surface area contributed by atoms with Crippen LogP contribution in [0.3, 0.4) is 0 Å². The number of rotatable bonds is 3. The zero-order valence-corrected chi connectivity index (χ0v) is 8.49. The fourth-order valence-corrected chi connectivity index (χ4v) is 1.07. The van der Waals surface area contributed by atoms with Crippen molar-refractivity contribution in [3.63, 3.8) is 0 Å². The van der Waals surface area contributed by atoms with Gasteiger partial charge in [-0.3, -0.25) is 0 Å². The summed E-state index contributed by atoms with van der Waals surface area (Å²) in [6.07, 6.45) is 1.48. The summed E-state index contributed by atoms with van der Waals surface area (Å²) in [6.45, 7) is 0. The third-order valence-corrected chi connectivity index (χ3v) is 1.96. The number of benzene rings is 1. The van der Waals surface area contributed by atoms with Crippen LogP contribution in [-0.4, -0.2) is 18.2 Å². The molecule has 0 spiro atoms. The summed E-state index contributed by atoms with van der Waals surface area (Å²) in [5.41, 5.74) is 0.776. The van der Waals surface area contributed by atoms with E-state index in [1.54, 1.807) is 31.4 Å². The quantitative estimate of drug-likeness (QED) is 0.593. The van der Waals surface area contributed by atoms with Gasteiger partial charge in [-0.2, -0.15) is 0 Å². The van der Waals surface area contributed by atoms with Gasteiger partial charge in [0.05, 0.1) is 12.0 Å². The van der Waals surface area contributed by atoms with E-state index in [0.29, 0.717) is 0 Å². The van der Waals surface area contributed by atoms with Crippen molar-refractivity contribution in [2.24, 2.45) is 0 Å². The lowest BCUT2D eigenvalue weighted by Gasteiger charge is -1.99. The smallest absolute Gasteiger partial charge is 0.341 e. The van der Waals surface area contributed by atoms with Gasteiger partial charge in [0.25, 0.3) is 0 Å². The van der Waals surface area contributed by atoms with E-state index in [9.17, 15) is 4.79 Å². The topological polar surface area (TPSA) is 46.5 Å². The Labute approximate surface area is 87.4 Å². The Bertz CT molecular complexity index is 354. The minimum absolute atomic E-state index is 0.00941. The largest absolute Gasteiger partial charge is 0.497 e. The maximum absolute atomic E-state index is 10.5. The maximum Gasteiger partial charge on any atom is 0.341 e. The molecule has 1 aromatic carbocycles. The molecule has 0 aromatic heterocycles. The fraction of sp³-hybridized carbons (Fsp3) is 0.100. The second-order valence-electron chi connectivity index (χ2n) is 2.61. The van der Waals surface area contributed by atoms with Gasteiger partial charge in [-0.05, 0) is 23.8 Å². The van der Waals surface area contributed by atoms with Gasteiger partial charge in [-0.15, -0.1) is 12.6 Å². The standard InChI is InChI=1S/C10H10O3S/c1-13-8-4-2-7(3-5-8)6-9(14)10(11)12/h2-6,14H,1H3,(H,11,12)/b9-6-. The molecule has 1 N–H and O–H groups in total. The Hall–Kier alpha value is -1.42. The molecule has 3 nitrogen and oxygen atoms in total. The summed E-state index contributed by atoms with van der Waals surface area (Å²) in [4.78, 5) is 10.5. The third kappa shape index (κ3) is 2.81. The normalized spacial score (nSPS) is 11.1. The molecule has 0 aliphatic rings. The molecule has 0 unspecified atom stereocenters. The number of carbonyl (C=O) groups is 1. The van der Waals surface area contributed by atoms with Gasteiger partial charge >= 0.3 is 5.97 Å². The van der Waals surface area contributed by atoms with Crippen LogP contribution >= 0.6 is 12.6 Å². The molecule has 0 radical (unpaired) electrons. The van der Waals surface area contributed by atoms with Gasteiger partial charge in [0, 0.05) is 0 Å². The molecule has 0 bridgehead atoms. The molecule has 0 fully saturated rings. The number of carboxylic acids is 1. The Morgan fingerprint density at radius 1 is 1.43 bits per heavy atom. The molecule has 0 aliphatic carbocycles. The molecule has 14 heavy (non-hydrogen) atoms. The first-order chi connectivity index (χ1) is 6.63. The van der Waals surface area contributed by atoms with Crippen molar-refractivity contribution < 1.29 is 14.6 Å². The molecule has 0 atom stereocenters. The average molecular weight is 210 g/mol. The van der Waals surface area contributed by atoms with E-state index in [0.717, 1.165) is 11.3 Å². The van der Waals surface area contributed by atoms with Crippen LogP contribution < -0.4 is 4.74 Å². The van der Waals surface area contributed by atoms with E-state index in [-0.39, 0.29) is 4.91 Å². The van der Waals surface area contributed by atoms with Gasteiger partial charge in [-0.1, -0.05) is 12.1 Å². The third-order valence-electron chi connectivity index (χ3n) is 1.64. The van der Waals surface area contributed by atoms with Crippen molar-refractivity contribution in [1.82, 2.24) is 0 Å². The highest BCUT2D eigenvalue weighted by Gasteiger charge is 2.00. The van der Waals surface area contributed by atoms with Crippen LogP contribution in [0.15, 0.2) is 29.2 Å². The highest BCUT2D eigenvalue weighted by atomic mass is 32.1. The van der Waals surface area contributed by atoms with E-state index in [2.05, 4.69) is 12.6 Å². The molecule has 1 aromatic rings. The zero-order valence-electron chi connectivity index (χ0n) is 7.60. The number of thiol groups is 1. The first kappa shape index (κ1) is 10.7. The number of ether oxygens (including phenoxy) is 1. The van der Waals surface area contributed by atoms with Crippen molar-refractivity contribution >= 4 is 24.7 Å². The summed E-state index contributed by atoms with van der Waals surface area (Å²) in [6, 6.07) is 7.04. The Balaban J connectivity index is 2.88. The molecule has 74 valence electrons. The molecule has 0 amide bonds. The number of hydrogen-bond donors (Lipinski definition) is 2. The first-order valence-corrected chi connectivity index (χ1v) is 4.36. The van der Waals surface area contributed by atoms with Crippen LogP contribution in [0.1, 0.15) is 5.56 Å². The average Bonchev–Trinajstić information content (AvgIpc) is 2.19. The molecule has 0 saturated heterocycles. The number of aliphatic carboxylic acids is 1. The fourth-order valence-electron chi connectivity index (χ4n) is 0.920. The van der Waals surface area contributed by atoms with E-state index < -0.39 is 5.97 Å². The Morgan fingerprint density at radius 2 is 2.00 bits per heavy atom. The lowest BCUT2D eigenvalue weighted by molar-refractivity contribution is -0.131. The first-order valence-electron chi connectivity index (χ1n) is 3.91. The molecule has 0 heterocycles.